The van der Waals surface area contributed by atoms with E-state index in [0.29, 0.717) is 32.0 Å². The highest BCUT2D eigenvalue weighted by atomic mass is 32.1. The normalized spacial score (nSPS) is 21.6. The molecule has 0 saturated carbocycles. The average molecular weight is 373 g/mol. The van der Waals surface area contributed by atoms with Gasteiger partial charge in [0.05, 0.1) is 30.8 Å². The van der Waals surface area contributed by atoms with Crippen LogP contribution < -0.4 is 0 Å². The van der Waals surface area contributed by atoms with Crippen molar-refractivity contribution in [1.29, 1.82) is 0 Å². The third kappa shape index (κ3) is 3.65. The van der Waals surface area contributed by atoms with Crippen LogP contribution in [0.1, 0.15) is 39.5 Å². The lowest BCUT2D eigenvalue weighted by Gasteiger charge is -2.52. The largest absolute Gasteiger partial charge is 0.373 e. The van der Waals surface area contributed by atoms with Crippen molar-refractivity contribution >= 4 is 17.2 Å². The summed E-state index contributed by atoms with van der Waals surface area (Å²) in [4.78, 5) is 22.8. The monoisotopic (exact) mass is 373 g/mol. The van der Waals surface area contributed by atoms with Crippen molar-refractivity contribution < 1.29 is 14.3 Å². The number of ether oxygens (including phenoxy) is 2. The SMILES string of the molecule is Cc1cncc(CO[C@H]2CCOC3(C2)CN(C(=O)c2csc(C)n2)C3)c1. The average Bonchev–Trinajstić information content (AvgIpc) is 3.04. The second-order valence-corrected chi connectivity index (χ2v) is 8.30. The Hall–Kier alpha value is -1.83. The fraction of sp³-hybridized carbons (Fsp3) is 0.526. The highest BCUT2D eigenvalue weighted by Gasteiger charge is 2.50. The smallest absolute Gasteiger partial charge is 0.273 e. The Labute approximate surface area is 157 Å². The first-order chi connectivity index (χ1) is 12.5. The molecular formula is C19H23N3O3S. The number of hydrogen-bond donors (Lipinski definition) is 0. The van der Waals surface area contributed by atoms with Gasteiger partial charge in [-0.1, -0.05) is 6.07 Å². The van der Waals surface area contributed by atoms with Gasteiger partial charge >= 0.3 is 0 Å². The number of hydrogen-bond acceptors (Lipinski definition) is 6. The molecule has 0 radical (unpaired) electrons. The zero-order chi connectivity index (χ0) is 18.1. The predicted octanol–water partition coefficient (Wildman–Crippen LogP) is 2.75. The number of pyridine rings is 1. The first-order valence-corrected chi connectivity index (χ1v) is 9.78. The van der Waals surface area contributed by atoms with E-state index >= 15 is 0 Å². The molecule has 0 N–H and O–H groups in total. The minimum atomic E-state index is -0.255. The first-order valence-electron chi connectivity index (χ1n) is 8.90. The third-order valence-corrected chi connectivity index (χ3v) is 5.72. The Morgan fingerprint density at radius 3 is 3.00 bits per heavy atom. The van der Waals surface area contributed by atoms with Crippen molar-refractivity contribution in [2.45, 2.75) is 45.0 Å². The van der Waals surface area contributed by atoms with Gasteiger partial charge in [0, 0.05) is 30.8 Å². The van der Waals surface area contributed by atoms with Crippen LogP contribution >= 0.6 is 11.3 Å². The molecule has 1 amide bonds. The minimum absolute atomic E-state index is 0.00236. The molecule has 138 valence electrons. The quantitative estimate of drug-likeness (QED) is 0.825. The lowest BCUT2D eigenvalue weighted by atomic mass is 9.84. The number of carbonyl (C=O) groups is 1. The minimum Gasteiger partial charge on any atom is -0.373 e. The van der Waals surface area contributed by atoms with Gasteiger partial charge in [-0.2, -0.15) is 0 Å². The van der Waals surface area contributed by atoms with Gasteiger partial charge < -0.3 is 14.4 Å². The van der Waals surface area contributed by atoms with E-state index in [1.807, 2.05) is 36.5 Å². The molecule has 4 rings (SSSR count). The summed E-state index contributed by atoms with van der Waals surface area (Å²) >= 11 is 1.50. The van der Waals surface area contributed by atoms with Crippen LogP contribution in [0.3, 0.4) is 0 Å². The number of likely N-dealkylation sites (tertiary alicyclic amines) is 1. The molecule has 2 aliphatic heterocycles. The van der Waals surface area contributed by atoms with E-state index in [0.717, 1.165) is 29.0 Å². The Morgan fingerprint density at radius 1 is 1.42 bits per heavy atom. The molecular weight excluding hydrogens is 350 g/mol. The number of aromatic nitrogens is 2. The maximum absolute atomic E-state index is 12.5. The number of carbonyl (C=O) groups excluding carboxylic acids is 1. The van der Waals surface area contributed by atoms with Crippen molar-refractivity contribution in [3.8, 4) is 0 Å². The van der Waals surface area contributed by atoms with Gasteiger partial charge in [0.1, 0.15) is 11.3 Å². The number of aryl methyl sites for hydroxylation is 2. The van der Waals surface area contributed by atoms with Crippen molar-refractivity contribution in [2.24, 2.45) is 0 Å². The summed E-state index contributed by atoms with van der Waals surface area (Å²) in [6.45, 7) is 6.42. The Bertz CT molecular complexity index is 801. The molecule has 0 bridgehead atoms. The molecule has 2 fully saturated rings. The number of rotatable bonds is 4. The van der Waals surface area contributed by atoms with Crippen LogP contribution in [0, 0.1) is 13.8 Å². The van der Waals surface area contributed by atoms with Crippen LogP contribution in [-0.4, -0.2) is 52.2 Å². The van der Waals surface area contributed by atoms with Crippen molar-refractivity contribution in [1.82, 2.24) is 14.9 Å². The molecule has 1 atom stereocenters. The van der Waals surface area contributed by atoms with Gasteiger partial charge in [-0.05, 0) is 31.4 Å². The summed E-state index contributed by atoms with van der Waals surface area (Å²) < 4.78 is 12.1. The lowest BCUT2D eigenvalue weighted by molar-refractivity contribution is -0.188. The molecule has 26 heavy (non-hydrogen) atoms. The summed E-state index contributed by atoms with van der Waals surface area (Å²) in [5.41, 5.74) is 2.52. The van der Waals surface area contributed by atoms with Gasteiger partial charge in [-0.25, -0.2) is 4.98 Å². The van der Waals surface area contributed by atoms with Crippen molar-refractivity contribution in [2.75, 3.05) is 19.7 Å². The second kappa shape index (κ2) is 7.06. The fourth-order valence-corrected chi connectivity index (χ4v) is 4.26. The highest BCUT2D eigenvalue weighted by molar-refractivity contribution is 7.09. The Morgan fingerprint density at radius 2 is 2.27 bits per heavy atom. The van der Waals surface area contributed by atoms with Crippen LogP contribution in [0.25, 0.3) is 0 Å². The van der Waals surface area contributed by atoms with Gasteiger partial charge in [-0.15, -0.1) is 11.3 Å². The van der Waals surface area contributed by atoms with E-state index in [2.05, 4.69) is 16.0 Å². The summed E-state index contributed by atoms with van der Waals surface area (Å²) in [5, 5.41) is 2.74. The number of amides is 1. The molecule has 2 aromatic rings. The summed E-state index contributed by atoms with van der Waals surface area (Å²) in [6, 6.07) is 2.10. The van der Waals surface area contributed by atoms with Crippen molar-refractivity contribution in [3.63, 3.8) is 0 Å². The maximum atomic E-state index is 12.5. The summed E-state index contributed by atoms with van der Waals surface area (Å²) in [7, 11) is 0. The van der Waals surface area contributed by atoms with E-state index < -0.39 is 0 Å². The van der Waals surface area contributed by atoms with Crippen LogP contribution in [0.4, 0.5) is 0 Å². The van der Waals surface area contributed by atoms with Gasteiger partial charge in [0.15, 0.2) is 0 Å². The Balaban J connectivity index is 1.31. The van der Waals surface area contributed by atoms with Crippen LogP contribution in [0.2, 0.25) is 0 Å². The molecule has 2 aliphatic rings. The topological polar surface area (TPSA) is 64.6 Å². The molecule has 0 aromatic carbocycles. The predicted molar refractivity (Wildman–Crippen MR) is 98.2 cm³/mol. The second-order valence-electron chi connectivity index (χ2n) is 7.24. The molecule has 6 nitrogen and oxygen atoms in total. The molecule has 2 aromatic heterocycles. The van der Waals surface area contributed by atoms with E-state index in [9.17, 15) is 4.79 Å². The number of thiazole rings is 1. The molecule has 1 spiro atoms. The fourth-order valence-electron chi connectivity index (χ4n) is 3.67. The summed E-state index contributed by atoms with van der Waals surface area (Å²) in [5.74, 6) is -0.00236. The molecule has 7 heteroatoms. The van der Waals surface area contributed by atoms with E-state index in [1.54, 1.807) is 0 Å². The van der Waals surface area contributed by atoms with Gasteiger partial charge in [0.2, 0.25) is 0 Å². The van der Waals surface area contributed by atoms with Crippen LogP contribution in [0.15, 0.2) is 23.8 Å². The van der Waals surface area contributed by atoms with E-state index in [4.69, 9.17) is 9.47 Å². The standard InChI is InChI=1S/C19H23N3O3S/c1-13-5-15(8-20-7-13)9-24-16-3-4-25-19(6-16)11-22(12-19)18(23)17-10-26-14(2)21-17/h5,7-8,10,16H,3-4,6,9,11-12H2,1-2H3/t16-/m0/s1. The van der Waals surface area contributed by atoms with Crippen LogP contribution in [0.5, 0.6) is 0 Å². The maximum Gasteiger partial charge on any atom is 0.273 e. The molecule has 2 saturated heterocycles. The van der Waals surface area contributed by atoms with Crippen LogP contribution in [-0.2, 0) is 16.1 Å². The summed E-state index contributed by atoms with van der Waals surface area (Å²) in [6.07, 6.45) is 5.56. The van der Waals surface area contributed by atoms with Gasteiger partial charge in [-0.3, -0.25) is 9.78 Å². The highest BCUT2D eigenvalue weighted by Crippen LogP contribution is 2.36. The molecule has 4 heterocycles. The first kappa shape index (κ1) is 17.6. The zero-order valence-electron chi connectivity index (χ0n) is 15.1. The van der Waals surface area contributed by atoms with E-state index in [1.165, 1.54) is 11.3 Å². The lowest BCUT2D eigenvalue weighted by Crippen LogP contribution is -2.67. The van der Waals surface area contributed by atoms with Gasteiger partial charge in [0.25, 0.3) is 5.91 Å². The molecule has 0 unspecified atom stereocenters. The zero-order valence-corrected chi connectivity index (χ0v) is 15.9. The Kier molecular flexibility index (Phi) is 4.77. The van der Waals surface area contributed by atoms with E-state index in [-0.39, 0.29) is 17.6 Å². The molecule has 0 aliphatic carbocycles. The number of nitrogens with zero attached hydrogens (tertiary/aromatic N) is 3. The third-order valence-electron chi connectivity index (χ3n) is 4.95. The van der Waals surface area contributed by atoms with Crippen molar-refractivity contribution in [3.05, 3.63) is 45.7 Å².